The van der Waals surface area contributed by atoms with Crippen molar-refractivity contribution in [1.29, 1.82) is 0 Å². The molecule has 0 spiro atoms. The molecule has 0 saturated heterocycles. The van der Waals surface area contributed by atoms with Gasteiger partial charge in [-0.2, -0.15) is 11.8 Å². The van der Waals surface area contributed by atoms with Crippen molar-refractivity contribution in [3.8, 4) is 0 Å². The van der Waals surface area contributed by atoms with Crippen LogP contribution in [0.4, 0.5) is 0 Å². The van der Waals surface area contributed by atoms with Crippen LogP contribution < -0.4 is 0 Å². The van der Waals surface area contributed by atoms with E-state index in [0.717, 1.165) is 4.58 Å². The van der Waals surface area contributed by atoms with Crippen LogP contribution in [0.25, 0.3) is 0 Å². The molecule has 0 aromatic carbocycles. The van der Waals surface area contributed by atoms with Crippen molar-refractivity contribution in [3.05, 3.63) is 0 Å². The van der Waals surface area contributed by atoms with Crippen molar-refractivity contribution in [2.75, 3.05) is 12.0 Å². The second-order valence-electron chi connectivity index (χ2n) is 2.06. The summed E-state index contributed by atoms with van der Waals surface area (Å²) in [6, 6.07) is 0. The molecule has 1 unspecified atom stereocenters. The Kier molecular flexibility index (Phi) is 10.7. The minimum absolute atomic E-state index is 0.782. The zero-order valence-corrected chi connectivity index (χ0v) is 10.6. The van der Waals surface area contributed by atoms with Gasteiger partial charge in [-0.1, -0.05) is 35.4 Å². The summed E-state index contributed by atoms with van der Waals surface area (Å²) in [6.45, 7) is 4.48. The average molecular weight is 228 g/mol. The SMILES string of the molecule is CCCSSSC(CC)SC. The third kappa shape index (κ3) is 7.75. The Morgan fingerprint density at radius 3 is 2.45 bits per heavy atom. The number of rotatable bonds is 7. The van der Waals surface area contributed by atoms with Crippen molar-refractivity contribution in [2.45, 2.75) is 31.3 Å². The molecular weight excluding hydrogens is 212 g/mol. The lowest BCUT2D eigenvalue weighted by Gasteiger charge is -2.08. The van der Waals surface area contributed by atoms with Crippen LogP contribution in [0.5, 0.6) is 0 Å². The predicted molar refractivity (Wildman–Crippen MR) is 65.5 cm³/mol. The fourth-order valence-electron chi connectivity index (χ4n) is 0.463. The molecule has 0 bridgehead atoms. The lowest BCUT2D eigenvalue weighted by atomic mass is 10.6. The second kappa shape index (κ2) is 9.49. The van der Waals surface area contributed by atoms with E-state index in [9.17, 15) is 0 Å². The molecule has 0 heterocycles. The van der Waals surface area contributed by atoms with E-state index < -0.39 is 0 Å². The molecule has 0 amide bonds. The minimum Gasteiger partial charge on any atom is -0.150 e. The monoisotopic (exact) mass is 228 g/mol. The Morgan fingerprint density at radius 2 is 2.00 bits per heavy atom. The highest BCUT2D eigenvalue weighted by Crippen LogP contribution is 2.42. The average Bonchev–Trinajstić information content (AvgIpc) is 2.05. The zero-order chi connectivity index (χ0) is 8.53. The van der Waals surface area contributed by atoms with Gasteiger partial charge in [0.15, 0.2) is 0 Å². The van der Waals surface area contributed by atoms with Gasteiger partial charge in [0.1, 0.15) is 0 Å². The van der Waals surface area contributed by atoms with Crippen LogP contribution in [0.15, 0.2) is 0 Å². The quantitative estimate of drug-likeness (QED) is 0.357. The van der Waals surface area contributed by atoms with Gasteiger partial charge in [-0.25, -0.2) is 0 Å². The zero-order valence-electron chi connectivity index (χ0n) is 7.33. The second-order valence-corrected chi connectivity index (χ2v) is 7.86. The summed E-state index contributed by atoms with van der Waals surface area (Å²) < 4.78 is 0.782. The number of thioether (sulfide) groups is 1. The van der Waals surface area contributed by atoms with E-state index in [0.29, 0.717) is 0 Å². The molecule has 0 aromatic heterocycles. The highest BCUT2D eigenvalue weighted by molar-refractivity contribution is 9.10. The topological polar surface area (TPSA) is 0 Å². The Hall–Kier alpha value is 1.40. The fourth-order valence-corrected chi connectivity index (χ4v) is 6.64. The highest BCUT2D eigenvalue weighted by atomic mass is 33.5. The Bertz CT molecular complexity index is 72.8. The van der Waals surface area contributed by atoms with E-state index in [2.05, 4.69) is 20.1 Å². The summed E-state index contributed by atoms with van der Waals surface area (Å²) in [5.41, 5.74) is 0. The van der Waals surface area contributed by atoms with E-state index in [4.69, 9.17) is 0 Å². The molecule has 0 aliphatic heterocycles. The molecule has 0 fully saturated rings. The summed E-state index contributed by atoms with van der Waals surface area (Å²) >= 11 is 1.96. The van der Waals surface area contributed by atoms with E-state index in [1.54, 1.807) is 0 Å². The molecule has 1 atom stereocenters. The standard InChI is InChI=1S/C7H16S4/c1-4-6-9-11-10-7(5-2)8-3/h7H,4-6H2,1-3H3. The molecule has 0 saturated carbocycles. The lowest BCUT2D eigenvalue weighted by molar-refractivity contribution is 1.06. The molecule has 11 heavy (non-hydrogen) atoms. The van der Waals surface area contributed by atoms with Crippen LogP contribution in [-0.4, -0.2) is 16.6 Å². The normalized spacial score (nSPS) is 13.4. The van der Waals surface area contributed by atoms with E-state index in [1.807, 2.05) is 43.2 Å². The van der Waals surface area contributed by atoms with Crippen molar-refractivity contribution in [1.82, 2.24) is 0 Å². The van der Waals surface area contributed by atoms with E-state index in [-0.39, 0.29) is 0 Å². The third-order valence-corrected chi connectivity index (χ3v) is 7.76. The molecule has 68 valence electrons. The summed E-state index contributed by atoms with van der Waals surface area (Å²) in [6.07, 6.45) is 4.74. The first-order chi connectivity index (χ1) is 5.35. The van der Waals surface area contributed by atoms with Gasteiger partial charge in [-0.05, 0) is 28.9 Å². The Balaban J connectivity index is 3.07. The van der Waals surface area contributed by atoms with Gasteiger partial charge in [0.25, 0.3) is 0 Å². The largest absolute Gasteiger partial charge is 0.150 e. The van der Waals surface area contributed by atoms with Crippen molar-refractivity contribution < 1.29 is 0 Å². The maximum atomic E-state index is 2.25. The summed E-state index contributed by atoms with van der Waals surface area (Å²) in [5, 5.41) is 0. The van der Waals surface area contributed by atoms with Gasteiger partial charge in [0.2, 0.25) is 0 Å². The minimum atomic E-state index is 0.782. The highest BCUT2D eigenvalue weighted by Gasteiger charge is 2.03. The molecule has 0 aliphatic carbocycles. The Labute approximate surface area is 86.2 Å². The van der Waals surface area contributed by atoms with Crippen LogP contribution in [0.1, 0.15) is 26.7 Å². The molecule has 4 heteroatoms. The molecule has 0 rings (SSSR count). The van der Waals surface area contributed by atoms with Crippen LogP contribution in [0, 0.1) is 0 Å². The smallest absolute Gasteiger partial charge is 0.0608 e. The molecule has 0 aliphatic rings. The maximum Gasteiger partial charge on any atom is 0.0608 e. The third-order valence-electron chi connectivity index (χ3n) is 1.08. The number of hydrogen-bond acceptors (Lipinski definition) is 4. The number of hydrogen-bond donors (Lipinski definition) is 0. The Morgan fingerprint density at radius 1 is 1.27 bits per heavy atom. The van der Waals surface area contributed by atoms with Crippen LogP contribution >= 0.6 is 43.2 Å². The summed E-state index contributed by atoms with van der Waals surface area (Å²) in [4.78, 5) is 0. The first-order valence-electron chi connectivity index (χ1n) is 3.82. The van der Waals surface area contributed by atoms with Crippen LogP contribution in [0.3, 0.4) is 0 Å². The van der Waals surface area contributed by atoms with Gasteiger partial charge in [0.05, 0.1) is 4.58 Å². The van der Waals surface area contributed by atoms with Gasteiger partial charge < -0.3 is 0 Å². The predicted octanol–water partition coefficient (Wildman–Crippen LogP) is 4.53. The maximum absolute atomic E-state index is 2.25. The van der Waals surface area contributed by atoms with Crippen LogP contribution in [-0.2, 0) is 0 Å². The molecule has 0 aromatic rings. The molecule has 0 N–H and O–H groups in total. The van der Waals surface area contributed by atoms with Crippen LogP contribution in [0.2, 0.25) is 0 Å². The van der Waals surface area contributed by atoms with Crippen molar-refractivity contribution in [3.63, 3.8) is 0 Å². The van der Waals surface area contributed by atoms with Gasteiger partial charge in [-0.15, -0.1) is 0 Å². The van der Waals surface area contributed by atoms with E-state index >= 15 is 0 Å². The first-order valence-corrected chi connectivity index (χ1v) is 8.83. The van der Waals surface area contributed by atoms with Gasteiger partial charge in [-0.3, -0.25) is 0 Å². The van der Waals surface area contributed by atoms with Gasteiger partial charge >= 0.3 is 0 Å². The van der Waals surface area contributed by atoms with Crippen molar-refractivity contribution in [2.24, 2.45) is 0 Å². The molecular formula is C7H16S4. The van der Waals surface area contributed by atoms with Gasteiger partial charge in [0, 0.05) is 5.75 Å². The first kappa shape index (κ1) is 12.4. The summed E-state index contributed by atoms with van der Waals surface area (Å²) in [7, 11) is 5.93. The fraction of sp³-hybridized carbons (Fsp3) is 1.00. The summed E-state index contributed by atoms with van der Waals surface area (Å²) in [5.74, 6) is 1.28. The molecule has 0 radical (unpaired) electrons. The van der Waals surface area contributed by atoms with E-state index in [1.165, 1.54) is 18.6 Å². The lowest BCUT2D eigenvalue weighted by Crippen LogP contribution is -1.88. The van der Waals surface area contributed by atoms with Crippen molar-refractivity contribution >= 4 is 43.2 Å². The molecule has 0 nitrogen and oxygen atoms in total.